The Bertz CT molecular complexity index is 319. The van der Waals surface area contributed by atoms with Crippen LogP contribution in [0, 0.1) is 11.3 Å². The third-order valence-electron chi connectivity index (χ3n) is 2.40. The molecule has 0 aliphatic heterocycles. The molecular weight excluding hydrogens is 212 g/mol. The fourth-order valence-electron chi connectivity index (χ4n) is 1.48. The molecule has 1 N–H and O–H groups in total. The molecule has 0 aromatic heterocycles. The molecule has 0 radical (unpaired) electrons. The van der Waals surface area contributed by atoms with Crippen LogP contribution in [0.25, 0.3) is 0 Å². The Hall–Kier alpha value is -1.53. The number of benzene rings is 1. The smallest absolute Gasteiger partial charge is 0.119 e. The van der Waals surface area contributed by atoms with Crippen LogP contribution in [0.1, 0.15) is 25.7 Å². The fourth-order valence-corrected chi connectivity index (χ4v) is 1.48. The van der Waals surface area contributed by atoms with Gasteiger partial charge in [0.15, 0.2) is 0 Å². The number of hydrogen-bond donors (Lipinski definition) is 1. The van der Waals surface area contributed by atoms with Gasteiger partial charge in [0.05, 0.1) is 12.7 Å². The minimum Gasteiger partial charge on any atom is -0.494 e. The monoisotopic (exact) mass is 232 g/mol. The Morgan fingerprint density at radius 3 is 2.59 bits per heavy atom. The van der Waals surface area contributed by atoms with Crippen molar-refractivity contribution in [3.05, 3.63) is 30.3 Å². The van der Waals surface area contributed by atoms with Crippen LogP contribution in [0.5, 0.6) is 5.75 Å². The summed E-state index contributed by atoms with van der Waals surface area (Å²) < 4.78 is 5.57. The van der Waals surface area contributed by atoms with Crippen molar-refractivity contribution in [1.29, 1.82) is 5.26 Å². The number of rotatable bonds is 9. The van der Waals surface area contributed by atoms with E-state index in [1.807, 2.05) is 30.3 Å². The van der Waals surface area contributed by atoms with E-state index in [0.29, 0.717) is 6.42 Å². The molecule has 0 heterocycles. The molecule has 1 aromatic carbocycles. The molecule has 0 amide bonds. The third kappa shape index (κ3) is 7.37. The average Bonchev–Trinajstić information content (AvgIpc) is 2.38. The summed E-state index contributed by atoms with van der Waals surface area (Å²) in [4.78, 5) is 0. The van der Waals surface area contributed by atoms with Crippen LogP contribution in [0.3, 0.4) is 0 Å². The highest BCUT2D eigenvalue weighted by Crippen LogP contribution is 2.07. The molecule has 0 unspecified atom stereocenters. The lowest BCUT2D eigenvalue weighted by molar-refractivity contribution is 0.308. The molecule has 0 bridgehead atoms. The number of ether oxygens (including phenoxy) is 1. The van der Waals surface area contributed by atoms with Crippen LogP contribution in [0.4, 0.5) is 0 Å². The van der Waals surface area contributed by atoms with Crippen molar-refractivity contribution in [2.24, 2.45) is 0 Å². The van der Waals surface area contributed by atoms with E-state index >= 15 is 0 Å². The molecule has 0 saturated heterocycles. The van der Waals surface area contributed by atoms with Crippen LogP contribution < -0.4 is 10.1 Å². The van der Waals surface area contributed by atoms with Crippen LogP contribution in [-0.2, 0) is 0 Å². The highest BCUT2D eigenvalue weighted by atomic mass is 16.5. The van der Waals surface area contributed by atoms with Crippen molar-refractivity contribution in [3.63, 3.8) is 0 Å². The zero-order valence-electron chi connectivity index (χ0n) is 10.2. The van der Waals surface area contributed by atoms with Crippen molar-refractivity contribution in [3.8, 4) is 11.8 Å². The van der Waals surface area contributed by atoms with Gasteiger partial charge in [-0.25, -0.2) is 0 Å². The molecule has 1 aromatic rings. The molecule has 17 heavy (non-hydrogen) atoms. The molecule has 0 saturated carbocycles. The summed E-state index contributed by atoms with van der Waals surface area (Å²) >= 11 is 0. The molecule has 3 heteroatoms. The number of nitrogens with one attached hydrogen (secondary N) is 1. The quantitative estimate of drug-likeness (QED) is 0.666. The first-order chi connectivity index (χ1) is 8.43. The van der Waals surface area contributed by atoms with Gasteiger partial charge in [-0.15, -0.1) is 0 Å². The number of unbranched alkanes of at least 4 members (excludes halogenated alkanes) is 2. The van der Waals surface area contributed by atoms with Gasteiger partial charge in [0, 0.05) is 6.42 Å². The van der Waals surface area contributed by atoms with E-state index in [1.165, 1.54) is 0 Å². The second kappa shape index (κ2) is 9.68. The van der Waals surface area contributed by atoms with Gasteiger partial charge in [0.1, 0.15) is 5.75 Å². The van der Waals surface area contributed by atoms with Gasteiger partial charge < -0.3 is 10.1 Å². The van der Waals surface area contributed by atoms with E-state index < -0.39 is 0 Å². The SMILES string of the molecule is N#CCCCCNCCCOc1ccccc1. The Balaban J connectivity index is 1.87. The van der Waals surface area contributed by atoms with Crippen LogP contribution in [0.2, 0.25) is 0 Å². The molecule has 92 valence electrons. The summed E-state index contributed by atoms with van der Waals surface area (Å²) in [6.45, 7) is 2.71. The maximum absolute atomic E-state index is 8.36. The average molecular weight is 232 g/mol. The minimum absolute atomic E-state index is 0.665. The van der Waals surface area contributed by atoms with Gasteiger partial charge in [0.2, 0.25) is 0 Å². The number of nitrogens with zero attached hydrogens (tertiary/aromatic N) is 1. The molecule has 0 fully saturated rings. The number of para-hydroxylation sites is 1. The van der Waals surface area contributed by atoms with E-state index in [2.05, 4.69) is 11.4 Å². The largest absolute Gasteiger partial charge is 0.494 e. The first kappa shape index (κ1) is 13.5. The van der Waals surface area contributed by atoms with E-state index in [4.69, 9.17) is 10.00 Å². The van der Waals surface area contributed by atoms with Gasteiger partial charge in [0.25, 0.3) is 0 Å². The van der Waals surface area contributed by atoms with Gasteiger partial charge >= 0.3 is 0 Å². The van der Waals surface area contributed by atoms with Crippen LogP contribution in [0.15, 0.2) is 30.3 Å². The standard InChI is InChI=1S/C14H20N2O/c15-10-5-2-6-11-16-12-7-13-17-14-8-3-1-4-9-14/h1,3-4,8-9,16H,2,5-7,11-13H2. The lowest BCUT2D eigenvalue weighted by atomic mass is 10.2. The van der Waals surface area contributed by atoms with E-state index in [9.17, 15) is 0 Å². The van der Waals surface area contributed by atoms with E-state index in [0.717, 1.165) is 44.7 Å². The summed E-state index contributed by atoms with van der Waals surface area (Å²) in [7, 11) is 0. The summed E-state index contributed by atoms with van der Waals surface area (Å²) in [5.74, 6) is 0.932. The van der Waals surface area contributed by atoms with Crippen molar-refractivity contribution in [2.75, 3.05) is 19.7 Å². The first-order valence-electron chi connectivity index (χ1n) is 6.19. The Morgan fingerprint density at radius 1 is 1.06 bits per heavy atom. The Kier molecular flexibility index (Phi) is 7.71. The zero-order valence-corrected chi connectivity index (χ0v) is 10.2. The second-order valence-corrected chi connectivity index (χ2v) is 3.88. The highest BCUT2D eigenvalue weighted by molar-refractivity contribution is 5.20. The predicted octanol–water partition coefficient (Wildman–Crippen LogP) is 2.74. The topological polar surface area (TPSA) is 45.0 Å². The Morgan fingerprint density at radius 2 is 1.82 bits per heavy atom. The Labute approximate surface area is 103 Å². The fraction of sp³-hybridized carbons (Fsp3) is 0.500. The molecule has 0 atom stereocenters. The lowest BCUT2D eigenvalue weighted by Crippen LogP contribution is -2.18. The number of nitriles is 1. The zero-order chi connectivity index (χ0) is 12.2. The summed E-state index contributed by atoms with van der Waals surface area (Å²) in [5.41, 5.74) is 0. The molecule has 0 aliphatic carbocycles. The molecular formula is C14H20N2O. The molecule has 3 nitrogen and oxygen atoms in total. The third-order valence-corrected chi connectivity index (χ3v) is 2.40. The lowest BCUT2D eigenvalue weighted by Gasteiger charge is -2.06. The van der Waals surface area contributed by atoms with Gasteiger partial charge in [-0.2, -0.15) is 5.26 Å². The number of hydrogen-bond acceptors (Lipinski definition) is 3. The molecule has 1 rings (SSSR count). The minimum atomic E-state index is 0.665. The molecule has 0 spiro atoms. The van der Waals surface area contributed by atoms with Gasteiger partial charge in [-0.1, -0.05) is 18.2 Å². The summed E-state index contributed by atoms with van der Waals surface area (Å²) in [5, 5.41) is 11.7. The van der Waals surface area contributed by atoms with Crippen molar-refractivity contribution in [2.45, 2.75) is 25.7 Å². The maximum Gasteiger partial charge on any atom is 0.119 e. The van der Waals surface area contributed by atoms with Crippen molar-refractivity contribution < 1.29 is 4.74 Å². The van der Waals surface area contributed by atoms with Gasteiger partial charge in [-0.3, -0.25) is 0 Å². The summed E-state index contributed by atoms with van der Waals surface area (Å²) in [6, 6.07) is 12.0. The highest BCUT2D eigenvalue weighted by Gasteiger charge is 1.92. The maximum atomic E-state index is 8.36. The second-order valence-electron chi connectivity index (χ2n) is 3.88. The predicted molar refractivity (Wildman–Crippen MR) is 68.9 cm³/mol. The van der Waals surface area contributed by atoms with E-state index in [-0.39, 0.29) is 0 Å². The van der Waals surface area contributed by atoms with E-state index in [1.54, 1.807) is 0 Å². The van der Waals surface area contributed by atoms with Gasteiger partial charge in [-0.05, 0) is 44.5 Å². The van der Waals surface area contributed by atoms with Crippen molar-refractivity contribution >= 4 is 0 Å². The first-order valence-corrected chi connectivity index (χ1v) is 6.19. The summed E-state index contributed by atoms with van der Waals surface area (Å²) in [6.07, 6.45) is 3.74. The molecule has 0 aliphatic rings. The normalized spacial score (nSPS) is 9.82. The van der Waals surface area contributed by atoms with Crippen LogP contribution >= 0.6 is 0 Å². The van der Waals surface area contributed by atoms with Crippen LogP contribution in [-0.4, -0.2) is 19.7 Å². The van der Waals surface area contributed by atoms with Crippen molar-refractivity contribution in [1.82, 2.24) is 5.32 Å².